The highest BCUT2D eigenvalue weighted by Gasteiger charge is 2.50. The summed E-state index contributed by atoms with van der Waals surface area (Å²) in [5, 5.41) is 10.2. The lowest BCUT2D eigenvalue weighted by Gasteiger charge is -2.41. The van der Waals surface area contributed by atoms with Crippen LogP contribution < -0.4 is 4.90 Å². The Bertz CT molecular complexity index is 695. The van der Waals surface area contributed by atoms with Crippen LogP contribution in [0.1, 0.15) is 44.9 Å². The predicted molar refractivity (Wildman–Crippen MR) is 105 cm³/mol. The summed E-state index contributed by atoms with van der Waals surface area (Å²) >= 11 is 9.81. The summed E-state index contributed by atoms with van der Waals surface area (Å²) in [4.78, 5) is 22.0. The Balaban J connectivity index is 1.51. The second-order valence-corrected chi connectivity index (χ2v) is 9.25. The van der Waals surface area contributed by atoms with E-state index in [4.69, 9.17) is 11.6 Å². The molecule has 1 N–H and O–H groups in total. The number of aromatic nitrogens is 1. The first kappa shape index (κ1) is 18.5. The van der Waals surface area contributed by atoms with Gasteiger partial charge in [-0.3, -0.25) is 4.79 Å². The van der Waals surface area contributed by atoms with Crippen LogP contribution in [0.15, 0.2) is 16.7 Å². The van der Waals surface area contributed by atoms with Crippen LogP contribution >= 0.6 is 27.5 Å². The van der Waals surface area contributed by atoms with Gasteiger partial charge >= 0.3 is 0 Å². The molecule has 26 heavy (non-hydrogen) atoms. The van der Waals surface area contributed by atoms with Crippen molar-refractivity contribution in [2.75, 3.05) is 24.5 Å². The van der Waals surface area contributed by atoms with Gasteiger partial charge in [-0.05, 0) is 66.9 Å². The van der Waals surface area contributed by atoms with Gasteiger partial charge in [0.15, 0.2) is 5.15 Å². The number of rotatable bonds is 2. The molecule has 3 heterocycles. The molecule has 5 nitrogen and oxygen atoms in total. The third-order valence-corrected chi connectivity index (χ3v) is 7.08. The molecule has 7 heteroatoms. The number of amides is 1. The van der Waals surface area contributed by atoms with Crippen molar-refractivity contribution in [2.45, 2.75) is 57.1 Å². The minimum absolute atomic E-state index is 0.186. The Morgan fingerprint density at radius 1 is 1.23 bits per heavy atom. The molecule has 1 amide bonds. The average Bonchev–Trinajstić information content (AvgIpc) is 2.94. The Hall–Kier alpha value is -0.850. The van der Waals surface area contributed by atoms with Crippen LogP contribution in [-0.4, -0.2) is 52.7 Å². The molecule has 0 radical (unpaired) electrons. The van der Waals surface area contributed by atoms with Crippen molar-refractivity contribution in [1.82, 2.24) is 9.88 Å². The van der Waals surface area contributed by atoms with E-state index in [1.165, 1.54) is 0 Å². The molecule has 1 aliphatic carbocycles. The van der Waals surface area contributed by atoms with E-state index in [1.807, 2.05) is 6.07 Å². The van der Waals surface area contributed by atoms with Crippen LogP contribution in [0.5, 0.6) is 0 Å². The summed E-state index contributed by atoms with van der Waals surface area (Å²) in [6, 6.07) is 2.30. The van der Waals surface area contributed by atoms with E-state index in [-0.39, 0.29) is 11.5 Å². The molecule has 1 aromatic rings. The van der Waals surface area contributed by atoms with Crippen molar-refractivity contribution in [1.29, 1.82) is 0 Å². The summed E-state index contributed by atoms with van der Waals surface area (Å²) in [6.45, 7) is 2.47. The molecular formula is C19H25BrClN3O2. The Kier molecular flexibility index (Phi) is 5.19. The molecule has 0 bridgehead atoms. The maximum Gasteiger partial charge on any atom is 0.230 e. The van der Waals surface area contributed by atoms with Crippen LogP contribution in [0.3, 0.4) is 0 Å². The number of halogens is 2. The molecule has 1 unspecified atom stereocenters. The number of anilines is 1. The van der Waals surface area contributed by atoms with Crippen LogP contribution in [-0.2, 0) is 4.79 Å². The summed E-state index contributed by atoms with van der Waals surface area (Å²) in [5.74, 6) is 0.308. The number of carbonyl (C=O) groups excluding carboxylic acids is 1. The van der Waals surface area contributed by atoms with Crippen molar-refractivity contribution in [2.24, 2.45) is 5.41 Å². The standard InChI is InChI=1S/C19H25BrClN3O2/c20-13-10-16(17(21)22-11-13)23-8-1-6-19(12-23)7-9-24(18(19)26)14-2-4-15(25)5-3-14/h10-11,14-15,25H,1-9,12H2/t14-,15+,19?. The van der Waals surface area contributed by atoms with Crippen LogP contribution in [0.4, 0.5) is 5.69 Å². The number of nitrogens with zero attached hydrogens (tertiary/aromatic N) is 3. The third-order valence-electron chi connectivity index (χ3n) is 6.36. The number of aliphatic hydroxyl groups excluding tert-OH is 1. The third kappa shape index (κ3) is 3.36. The minimum atomic E-state index is -0.292. The largest absolute Gasteiger partial charge is 0.393 e. The zero-order chi connectivity index (χ0) is 18.3. The van der Waals surface area contributed by atoms with Gasteiger partial charge in [0.05, 0.1) is 17.2 Å². The quantitative estimate of drug-likeness (QED) is 0.711. The molecule has 2 saturated heterocycles. The Labute approximate surface area is 167 Å². The summed E-state index contributed by atoms with van der Waals surface area (Å²) in [5.41, 5.74) is 0.618. The number of likely N-dealkylation sites (tertiary alicyclic amines) is 1. The van der Waals surface area contributed by atoms with E-state index < -0.39 is 0 Å². The van der Waals surface area contributed by atoms with Gasteiger partial charge in [-0.15, -0.1) is 0 Å². The van der Waals surface area contributed by atoms with Gasteiger partial charge in [0.2, 0.25) is 5.91 Å². The number of piperidine rings is 1. The normalized spacial score (nSPS) is 32.5. The van der Waals surface area contributed by atoms with Gasteiger partial charge in [-0.2, -0.15) is 0 Å². The van der Waals surface area contributed by atoms with E-state index in [0.29, 0.717) is 17.1 Å². The van der Waals surface area contributed by atoms with E-state index >= 15 is 0 Å². The number of hydrogen-bond donors (Lipinski definition) is 1. The summed E-state index contributed by atoms with van der Waals surface area (Å²) in [6.07, 6.45) is 7.85. The predicted octanol–water partition coefficient (Wildman–Crippen LogP) is 3.62. The van der Waals surface area contributed by atoms with Gasteiger partial charge in [-0.25, -0.2) is 4.98 Å². The first-order valence-electron chi connectivity index (χ1n) is 9.54. The fourth-order valence-electron chi connectivity index (χ4n) is 4.92. The van der Waals surface area contributed by atoms with E-state index in [0.717, 1.165) is 74.7 Å². The number of pyridine rings is 1. The molecule has 1 aromatic heterocycles. The Morgan fingerprint density at radius 3 is 2.77 bits per heavy atom. The maximum absolute atomic E-state index is 13.4. The number of hydrogen-bond acceptors (Lipinski definition) is 4. The molecule has 1 atom stereocenters. The monoisotopic (exact) mass is 441 g/mol. The zero-order valence-electron chi connectivity index (χ0n) is 14.8. The lowest BCUT2D eigenvalue weighted by atomic mass is 9.78. The molecule has 4 rings (SSSR count). The van der Waals surface area contributed by atoms with Crippen molar-refractivity contribution in [3.05, 3.63) is 21.9 Å². The van der Waals surface area contributed by atoms with E-state index in [1.54, 1.807) is 6.20 Å². The zero-order valence-corrected chi connectivity index (χ0v) is 17.2. The first-order valence-corrected chi connectivity index (χ1v) is 10.7. The van der Waals surface area contributed by atoms with Crippen LogP contribution in [0.25, 0.3) is 0 Å². The molecule has 142 valence electrons. The van der Waals surface area contributed by atoms with Gasteiger partial charge in [0.25, 0.3) is 0 Å². The first-order chi connectivity index (χ1) is 12.5. The van der Waals surface area contributed by atoms with Gasteiger partial charge in [-0.1, -0.05) is 11.6 Å². The van der Waals surface area contributed by atoms with Crippen LogP contribution in [0.2, 0.25) is 5.15 Å². The van der Waals surface area contributed by atoms with E-state index in [9.17, 15) is 9.90 Å². The van der Waals surface area contributed by atoms with Gasteiger partial charge < -0.3 is 14.9 Å². The molecule has 1 spiro atoms. The van der Waals surface area contributed by atoms with Gasteiger partial charge in [0, 0.05) is 36.3 Å². The Morgan fingerprint density at radius 2 is 2.00 bits per heavy atom. The summed E-state index contributed by atoms with van der Waals surface area (Å²) in [7, 11) is 0. The number of carbonyl (C=O) groups is 1. The lowest BCUT2D eigenvalue weighted by molar-refractivity contribution is -0.139. The smallest absolute Gasteiger partial charge is 0.230 e. The number of aliphatic hydroxyl groups is 1. The molecule has 3 fully saturated rings. The van der Waals surface area contributed by atoms with Crippen molar-refractivity contribution < 1.29 is 9.90 Å². The van der Waals surface area contributed by atoms with Gasteiger partial charge in [0.1, 0.15) is 0 Å². The highest BCUT2D eigenvalue weighted by Crippen LogP contribution is 2.44. The van der Waals surface area contributed by atoms with Crippen molar-refractivity contribution in [3.63, 3.8) is 0 Å². The lowest BCUT2D eigenvalue weighted by Crippen LogP contribution is -2.50. The molecule has 0 aromatic carbocycles. The SMILES string of the molecule is O=C1N([C@H]2CC[C@@H](O)CC2)CCC12CCCN(c1cc(Br)cnc1Cl)C2. The van der Waals surface area contributed by atoms with Crippen LogP contribution in [0, 0.1) is 5.41 Å². The average molecular weight is 443 g/mol. The van der Waals surface area contributed by atoms with E-state index in [2.05, 4.69) is 30.7 Å². The van der Waals surface area contributed by atoms with Crippen molar-refractivity contribution in [3.8, 4) is 0 Å². The fraction of sp³-hybridized carbons (Fsp3) is 0.684. The molecular weight excluding hydrogens is 418 g/mol. The second-order valence-electron chi connectivity index (χ2n) is 7.98. The minimum Gasteiger partial charge on any atom is -0.393 e. The second kappa shape index (κ2) is 7.28. The highest BCUT2D eigenvalue weighted by molar-refractivity contribution is 9.10. The van der Waals surface area contributed by atoms with Crippen molar-refractivity contribution >= 4 is 39.1 Å². The molecule has 2 aliphatic heterocycles. The topological polar surface area (TPSA) is 56.7 Å². The maximum atomic E-state index is 13.4. The molecule has 3 aliphatic rings. The molecule has 1 saturated carbocycles. The fourth-order valence-corrected chi connectivity index (χ4v) is 5.46. The summed E-state index contributed by atoms with van der Waals surface area (Å²) < 4.78 is 0.900. The highest BCUT2D eigenvalue weighted by atomic mass is 79.9.